The summed E-state index contributed by atoms with van der Waals surface area (Å²) in [6, 6.07) is 0. The number of carbonyl (C=O) groups excluding carboxylic acids is 2. The Morgan fingerprint density at radius 1 is 1.21 bits per heavy atom. The summed E-state index contributed by atoms with van der Waals surface area (Å²) < 4.78 is 24.8. The van der Waals surface area contributed by atoms with Crippen LogP contribution in [0.25, 0.3) is 0 Å². The molecule has 0 aliphatic heterocycles. The van der Waals surface area contributed by atoms with E-state index in [1.54, 1.807) is 20.8 Å². The fourth-order valence-electron chi connectivity index (χ4n) is 0.860. The third-order valence-electron chi connectivity index (χ3n) is 1.86. The summed E-state index contributed by atoms with van der Waals surface area (Å²) in [5.41, 5.74) is -0.631. The van der Waals surface area contributed by atoms with Crippen molar-refractivity contribution in [3.8, 4) is 0 Å². The summed E-state index contributed by atoms with van der Waals surface area (Å²) in [6.45, 7) is 6.77. The van der Waals surface area contributed by atoms with Crippen LogP contribution >= 0.6 is 8.03 Å². The minimum absolute atomic E-state index is 0.297. The van der Waals surface area contributed by atoms with Crippen molar-refractivity contribution in [2.75, 3.05) is 26.6 Å². The fourth-order valence-corrected chi connectivity index (χ4v) is 1.25. The average molecular weight is 294 g/mol. The van der Waals surface area contributed by atoms with Crippen LogP contribution in [0.4, 0.5) is 4.79 Å². The predicted molar refractivity (Wildman–Crippen MR) is 69.0 cm³/mol. The van der Waals surface area contributed by atoms with Gasteiger partial charge in [0, 0.05) is 6.54 Å². The first-order valence-electron chi connectivity index (χ1n) is 5.85. The topological polar surface area (TPSA) is 90.9 Å². The predicted octanol–water partition coefficient (Wildman–Crippen LogP) is 2.04. The summed E-state index contributed by atoms with van der Waals surface area (Å²) >= 11 is 0. The molecule has 8 heteroatoms. The summed E-state index contributed by atoms with van der Waals surface area (Å²) in [5.74, 6) is -0.444. The van der Waals surface area contributed by atoms with Crippen LogP contribution in [0.3, 0.4) is 0 Å². The second-order valence-electron chi connectivity index (χ2n) is 4.78. The van der Waals surface area contributed by atoms with Crippen molar-refractivity contribution in [1.82, 2.24) is 5.32 Å². The van der Waals surface area contributed by atoms with Gasteiger partial charge >= 0.3 is 20.1 Å². The molecule has 1 amide bonds. The highest BCUT2D eigenvalue weighted by atomic mass is 31.1. The van der Waals surface area contributed by atoms with Crippen LogP contribution in [-0.4, -0.2) is 38.7 Å². The average Bonchev–Trinajstić information content (AvgIpc) is 2.26. The van der Waals surface area contributed by atoms with Gasteiger partial charge in [-0.25, -0.2) is 4.79 Å². The Balaban J connectivity index is 3.55. The molecule has 0 aromatic heterocycles. The molecular weight excluding hydrogens is 273 g/mol. The molecule has 0 rings (SSSR count). The van der Waals surface area contributed by atoms with E-state index in [0.29, 0.717) is 19.6 Å². The molecule has 0 aromatic rings. The van der Waals surface area contributed by atoms with E-state index in [1.165, 1.54) is 6.66 Å². The number of alkyl carbamates (subject to hydrolysis) is 1. The Kier molecular flexibility index (Phi) is 8.27. The summed E-state index contributed by atoms with van der Waals surface area (Å²) in [6.07, 6.45) is -0.159. The second-order valence-corrected chi connectivity index (χ2v) is 5.92. The Bertz CT molecular complexity index is 326. The lowest BCUT2D eigenvalue weighted by Crippen LogP contribution is -2.29. The molecule has 0 radical (unpaired) electrons. The minimum Gasteiger partial charge on any atom is -0.427 e. The Morgan fingerprint density at radius 3 is 2.37 bits per heavy atom. The molecule has 1 N–H and O–H groups in total. The third-order valence-corrected chi connectivity index (χ3v) is 2.40. The van der Waals surface area contributed by atoms with E-state index in [9.17, 15) is 14.2 Å². The van der Waals surface area contributed by atoms with Gasteiger partial charge < -0.3 is 14.8 Å². The highest BCUT2D eigenvalue weighted by Gasteiger charge is 2.23. The van der Waals surface area contributed by atoms with Crippen molar-refractivity contribution in [3.63, 3.8) is 0 Å². The molecule has 19 heavy (non-hydrogen) atoms. The number of amides is 1. The van der Waals surface area contributed by atoms with Crippen molar-refractivity contribution in [3.05, 3.63) is 0 Å². The van der Waals surface area contributed by atoms with Crippen molar-refractivity contribution in [2.45, 2.75) is 27.2 Å². The van der Waals surface area contributed by atoms with E-state index in [-0.39, 0.29) is 0 Å². The van der Waals surface area contributed by atoms with Gasteiger partial charge in [0.1, 0.15) is 6.61 Å². The zero-order chi connectivity index (χ0) is 14.9. The molecule has 0 saturated heterocycles. The SMILES string of the molecule is C[P+](=O)OCCCNC(=O)OCOC(=O)C(C)(C)C. The highest BCUT2D eigenvalue weighted by Crippen LogP contribution is 2.15. The van der Waals surface area contributed by atoms with Gasteiger partial charge in [0.25, 0.3) is 0 Å². The van der Waals surface area contributed by atoms with Crippen LogP contribution in [-0.2, 0) is 23.4 Å². The van der Waals surface area contributed by atoms with Crippen LogP contribution in [0.15, 0.2) is 0 Å². The lowest BCUT2D eigenvalue weighted by atomic mass is 9.98. The maximum Gasteiger partial charge on any atom is 0.504 e. The lowest BCUT2D eigenvalue weighted by molar-refractivity contribution is -0.161. The molecule has 0 fully saturated rings. The quantitative estimate of drug-likeness (QED) is 0.334. The van der Waals surface area contributed by atoms with Gasteiger partial charge in [-0.2, -0.15) is 0 Å². The third kappa shape index (κ3) is 10.4. The Hall–Kier alpha value is -1.20. The molecule has 1 atom stereocenters. The van der Waals surface area contributed by atoms with Crippen LogP contribution in [0.5, 0.6) is 0 Å². The molecule has 110 valence electrons. The molecule has 0 spiro atoms. The minimum atomic E-state index is -1.61. The van der Waals surface area contributed by atoms with Crippen molar-refractivity contribution >= 4 is 20.1 Å². The molecule has 7 nitrogen and oxygen atoms in total. The number of nitrogens with one attached hydrogen (secondary N) is 1. The maximum absolute atomic E-state index is 11.3. The van der Waals surface area contributed by atoms with Crippen molar-refractivity contribution in [1.29, 1.82) is 0 Å². The van der Waals surface area contributed by atoms with Gasteiger partial charge in [0.2, 0.25) is 6.79 Å². The molecule has 0 saturated carbocycles. The second kappa shape index (κ2) is 8.82. The molecule has 0 aliphatic rings. The maximum atomic E-state index is 11.3. The van der Waals surface area contributed by atoms with Gasteiger partial charge in [-0.15, -0.1) is 4.52 Å². The molecular formula is C11H21NO6P+. The van der Waals surface area contributed by atoms with Crippen molar-refractivity contribution < 1.29 is 28.2 Å². The normalized spacial score (nSPS) is 11.7. The van der Waals surface area contributed by atoms with E-state index >= 15 is 0 Å². The number of esters is 1. The van der Waals surface area contributed by atoms with Gasteiger partial charge in [0.15, 0.2) is 6.66 Å². The van der Waals surface area contributed by atoms with Gasteiger partial charge in [-0.1, -0.05) is 0 Å². The lowest BCUT2D eigenvalue weighted by Gasteiger charge is -2.16. The molecule has 0 bridgehead atoms. The zero-order valence-electron chi connectivity index (χ0n) is 11.7. The monoisotopic (exact) mass is 294 g/mol. The Morgan fingerprint density at radius 2 is 1.84 bits per heavy atom. The first-order valence-corrected chi connectivity index (χ1v) is 7.47. The largest absolute Gasteiger partial charge is 0.504 e. The molecule has 1 unspecified atom stereocenters. The first kappa shape index (κ1) is 17.8. The van der Waals surface area contributed by atoms with Crippen LogP contribution in [0.2, 0.25) is 0 Å². The van der Waals surface area contributed by atoms with Gasteiger partial charge in [0.05, 0.1) is 5.41 Å². The molecule has 0 aliphatic carbocycles. The summed E-state index contributed by atoms with van der Waals surface area (Å²) in [5, 5.41) is 2.44. The van der Waals surface area contributed by atoms with Crippen LogP contribution < -0.4 is 5.32 Å². The van der Waals surface area contributed by atoms with Crippen LogP contribution in [0, 0.1) is 5.41 Å². The van der Waals surface area contributed by atoms with Crippen molar-refractivity contribution in [2.24, 2.45) is 5.41 Å². The van der Waals surface area contributed by atoms with E-state index in [0.717, 1.165) is 0 Å². The zero-order valence-corrected chi connectivity index (χ0v) is 12.6. The molecule has 0 aromatic carbocycles. The number of hydrogen-bond donors (Lipinski definition) is 1. The van der Waals surface area contributed by atoms with E-state index in [1.807, 2.05) is 0 Å². The smallest absolute Gasteiger partial charge is 0.427 e. The van der Waals surface area contributed by atoms with Crippen LogP contribution in [0.1, 0.15) is 27.2 Å². The fraction of sp³-hybridized carbons (Fsp3) is 0.818. The van der Waals surface area contributed by atoms with Gasteiger partial charge in [-0.3, -0.25) is 4.79 Å². The Labute approximate surface area is 113 Å². The van der Waals surface area contributed by atoms with E-state index in [2.05, 4.69) is 10.1 Å². The first-order chi connectivity index (χ1) is 8.73. The highest BCUT2D eigenvalue weighted by molar-refractivity contribution is 7.38. The number of ether oxygens (including phenoxy) is 2. The number of hydrogen-bond acceptors (Lipinski definition) is 6. The van der Waals surface area contributed by atoms with Gasteiger partial charge in [-0.05, 0) is 31.8 Å². The standard InChI is InChI=1S/C11H20NO6P/c1-11(2,3)9(13)16-8-17-10(14)12-6-5-7-18-19(4)15/h5-8H2,1-4H3/p+1. The molecule has 0 heterocycles. The number of rotatable bonds is 7. The summed E-state index contributed by atoms with van der Waals surface area (Å²) in [7, 11) is -1.61. The summed E-state index contributed by atoms with van der Waals surface area (Å²) in [4.78, 5) is 22.5. The van der Waals surface area contributed by atoms with E-state index < -0.39 is 32.3 Å². The van der Waals surface area contributed by atoms with E-state index in [4.69, 9.17) is 9.26 Å². The number of carbonyl (C=O) groups is 2.